The first-order valence-corrected chi connectivity index (χ1v) is 21.4. The van der Waals surface area contributed by atoms with E-state index in [9.17, 15) is 0 Å². The van der Waals surface area contributed by atoms with Gasteiger partial charge in [-0.05, 0) is 113 Å². The van der Waals surface area contributed by atoms with E-state index in [-0.39, 0.29) is 0 Å². The molecule has 0 saturated heterocycles. The molecule has 0 spiro atoms. The molecular formula is C56H34N2O2S. The van der Waals surface area contributed by atoms with Gasteiger partial charge in [-0.15, -0.1) is 11.3 Å². The van der Waals surface area contributed by atoms with E-state index >= 15 is 0 Å². The monoisotopic (exact) mass is 798 g/mol. The van der Waals surface area contributed by atoms with E-state index in [4.69, 9.17) is 8.83 Å². The number of furan rings is 2. The van der Waals surface area contributed by atoms with Crippen molar-refractivity contribution in [1.29, 1.82) is 0 Å². The maximum Gasteiger partial charge on any atom is 0.135 e. The Morgan fingerprint density at radius 3 is 1.28 bits per heavy atom. The molecule has 0 aliphatic heterocycles. The molecule has 0 amide bonds. The van der Waals surface area contributed by atoms with Crippen LogP contribution in [0.15, 0.2) is 215 Å². The fraction of sp³-hybridized carbons (Fsp3) is 0. The van der Waals surface area contributed by atoms with Crippen LogP contribution in [0.4, 0.5) is 34.1 Å². The van der Waals surface area contributed by atoms with E-state index in [0.717, 1.165) is 78.0 Å². The Morgan fingerprint density at radius 1 is 0.279 bits per heavy atom. The third-order valence-corrected chi connectivity index (χ3v) is 13.4. The highest BCUT2D eigenvalue weighted by Crippen LogP contribution is 2.48. The van der Waals surface area contributed by atoms with Crippen molar-refractivity contribution in [3.63, 3.8) is 0 Å². The van der Waals surface area contributed by atoms with Crippen LogP contribution in [0.1, 0.15) is 0 Å². The highest BCUT2D eigenvalue weighted by Gasteiger charge is 2.21. The minimum atomic E-state index is 0.886. The van der Waals surface area contributed by atoms with E-state index in [2.05, 4.69) is 192 Å². The summed E-state index contributed by atoms with van der Waals surface area (Å²) >= 11 is 1.88. The number of fused-ring (bicyclic) bond motifs is 14. The highest BCUT2D eigenvalue weighted by molar-refractivity contribution is 7.27. The van der Waals surface area contributed by atoms with E-state index in [1.54, 1.807) is 0 Å². The predicted octanol–water partition coefficient (Wildman–Crippen LogP) is 17.1. The van der Waals surface area contributed by atoms with Gasteiger partial charge in [-0.1, -0.05) is 109 Å². The number of nitrogens with zero attached hydrogens (tertiary/aromatic N) is 2. The summed E-state index contributed by atoms with van der Waals surface area (Å²) < 4.78 is 15.0. The Kier molecular flexibility index (Phi) is 7.44. The van der Waals surface area contributed by atoms with Crippen molar-refractivity contribution in [2.75, 3.05) is 9.80 Å². The van der Waals surface area contributed by atoms with Crippen molar-refractivity contribution in [3.05, 3.63) is 206 Å². The second-order valence-electron chi connectivity index (χ2n) is 15.7. The lowest BCUT2D eigenvalue weighted by molar-refractivity contribution is 0.668. The lowest BCUT2D eigenvalue weighted by Crippen LogP contribution is -2.09. The third kappa shape index (κ3) is 5.31. The first-order valence-electron chi connectivity index (χ1n) is 20.6. The van der Waals surface area contributed by atoms with Gasteiger partial charge in [-0.2, -0.15) is 0 Å². The Labute approximate surface area is 354 Å². The molecule has 0 atom stereocenters. The molecule has 0 saturated carbocycles. The van der Waals surface area contributed by atoms with Crippen molar-refractivity contribution in [2.24, 2.45) is 0 Å². The molecule has 10 aromatic carbocycles. The normalized spacial score (nSPS) is 11.9. The molecule has 5 heteroatoms. The fourth-order valence-corrected chi connectivity index (χ4v) is 10.8. The summed E-state index contributed by atoms with van der Waals surface area (Å²) in [5.74, 6) is 0. The predicted molar refractivity (Wildman–Crippen MR) is 258 cm³/mol. The maximum absolute atomic E-state index is 6.24. The molecule has 0 aliphatic rings. The van der Waals surface area contributed by atoms with E-state index in [1.165, 1.54) is 41.7 Å². The van der Waals surface area contributed by atoms with Gasteiger partial charge in [0.05, 0.1) is 0 Å². The average molecular weight is 799 g/mol. The first-order chi connectivity index (χ1) is 30.2. The van der Waals surface area contributed by atoms with Crippen molar-refractivity contribution in [1.82, 2.24) is 0 Å². The SMILES string of the molecule is c1ccc(N(c2ccc3c(c2)sc2c4ccc(N(c5ccccc5)c5ccc6oc7ccccc7c6c5)cc4c4ccccc4c32)c2ccc3oc4ccccc4c3c2)cc1. The van der Waals surface area contributed by atoms with Gasteiger partial charge in [0.2, 0.25) is 0 Å². The Hall–Kier alpha value is -7.86. The van der Waals surface area contributed by atoms with Crippen molar-refractivity contribution >= 4 is 131 Å². The molecule has 0 bridgehead atoms. The number of hydrogen-bond donors (Lipinski definition) is 0. The number of para-hydroxylation sites is 4. The van der Waals surface area contributed by atoms with E-state index < -0.39 is 0 Å². The zero-order chi connectivity index (χ0) is 40.0. The maximum atomic E-state index is 6.24. The van der Waals surface area contributed by atoms with Gasteiger partial charge in [-0.3, -0.25) is 0 Å². The number of hydrogen-bond acceptors (Lipinski definition) is 5. The summed E-state index contributed by atoms with van der Waals surface area (Å²) in [6.07, 6.45) is 0. The van der Waals surface area contributed by atoms with Gasteiger partial charge >= 0.3 is 0 Å². The standard InChI is InChI=1S/C56H34N2O2S/c1-3-13-35(14-4-1)57(38-25-29-52-48(32-38)42-18-9-11-21-50(42)59-52)37-23-27-45-47(31-37)41-17-7-8-20-44(41)55-46-28-24-40(34-54(46)61-56(45)55)58(36-15-5-2-6-16-36)39-26-30-53-49(33-39)43-19-10-12-22-51(43)60-53/h1-34H. The van der Waals surface area contributed by atoms with Crippen LogP contribution in [-0.2, 0) is 0 Å². The van der Waals surface area contributed by atoms with E-state index in [1.807, 2.05) is 35.6 Å². The quantitative estimate of drug-likeness (QED) is 0.157. The third-order valence-electron chi connectivity index (χ3n) is 12.2. The molecule has 286 valence electrons. The van der Waals surface area contributed by atoms with Crippen molar-refractivity contribution in [3.8, 4) is 0 Å². The molecule has 3 aromatic heterocycles. The number of rotatable bonds is 6. The largest absolute Gasteiger partial charge is 0.456 e. The van der Waals surface area contributed by atoms with Gasteiger partial charge in [0, 0.05) is 81.2 Å². The summed E-state index contributed by atoms with van der Waals surface area (Å²) in [6, 6.07) is 73.8. The van der Waals surface area contributed by atoms with Gasteiger partial charge in [-0.25, -0.2) is 0 Å². The Bertz CT molecular complexity index is 3850. The molecule has 0 radical (unpaired) electrons. The van der Waals surface area contributed by atoms with Crippen LogP contribution in [-0.4, -0.2) is 0 Å². The Morgan fingerprint density at radius 2 is 0.705 bits per heavy atom. The van der Waals surface area contributed by atoms with Crippen LogP contribution in [0.3, 0.4) is 0 Å². The zero-order valence-electron chi connectivity index (χ0n) is 32.7. The van der Waals surface area contributed by atoms with Gasteiger partial charge in [0.15, 0.2) is 0 Å². The molecule has 0 unspecified atom stereocenters. The highest BCUT2D eigenvalue weighted by atomic mass is 32.1. The molecule has 4 nitrogen and oxygen atoms in total. The smallest absolute Gasteiger partial charge is 0.135 e. The van der Waals surface area contributed by atoms with Gasteiger partial charge in [0.25, 0.3) is 0 Å². The van der Waals surface area contributed by atoms with Crippen LogP contribution >= 0.6 is 11.3 Å². The minimum Gasteiger partial charge on any atom is -0.456 e. The zero-order valence-corrected chi connectivity index (χ0v) is 33.6. The number of anilines is 6. The lowest BCUT2D eigenvalue weighted by atomic mass is 9.96. The molecule has 0 N–H and O–H groups in total. The average Bonchev–Trinajstić information content (AvgIpc) is 4.01. The fourth-order valence-electron chi connectivity index (χ4n) is 9.46. The summed E-state index contributed by atoms with van der Waals surface area (Å²) in [6.45, 7) is 0. The lowest BCUT2D eigenvalue weighted by Gasteiger charge is -2.26. The molecule has 13 aromatic rings. The molecule has 61 heavy (non-hydrogen) atoms. The number of thiophene rings is 1. The van der Waals surface area contributed by atoms with Crippen molar-refractivity contribution < 1.29 is 8.83 Å². The second-order valence-corrected chi connectivity index (χ2v) is 16.7. The molecule has 3 heterocycles. The van der Waals surface area contributed by atoms with Gasteiger partial charge in [0.1, 0.15) is 22.3 Å². The van der Waals surface area contributed by atoms with Crippen molar-refractivity contribution in [2.45, 2.75) is 0 Å². The van der Waals surface area contributed by atoms with E-state index in [0.29, 0.717) is 0 Å². The first kappa shape index (κ1) is 34.0. The van der Waals surface area contributed by atoms with Crippen LogP contribution in [0, 0.1) is 0 Å². The molecule has 0 aliphatic carbocycles. The van der Waals surface area contributed by atoms with Crippen LogP contribution < -0.4 is 9.80 Å². The Balaban J connectivity index is 0.999. The summed E-state index contributed by atoms with van der Waals surface area (Å²) in [5, 5.41) is 12.0. The summed E-state index contributed by atoms with van der Waals surface area (Å²) in [4.78, 5) is 4.72. The summed E-state index contributed by atoms with van der Waals surface area (Å²) in [7, 11) is 0. The molecular weight excluding hydrogens is 765 g/mol. The van der Waals surface area contributed by atoms with Crippen LogP contribution in [0.2, 0.25) is 0 Å². The molecule has 0 fully saturated rings. The summed E-state index contributed by atoms with van der Waals surface area (Å²) in [5.41, 5.74) is 10.1. The second kappa shape index (κ2) is 13.3. The van der Waals surface area contributed by atoms with Crippen LogP contribution in [0.25, 0.3) is 85.6 Å². The minimum absolute atomic E-state index is 0.886. The molecule has 13 rings (SSSR count). The number of benzene rings is 10. The van der Waals surface area contributed by atoms with Crippen LogP contribution in [0.5, 0.6) is 0 Å². The topological polar surface area (TPSA) is 32.8 Å². The van der Waals surface area contributed by atoms with Gasteiger partial charge < -0.3 is 18.6 Å².